The van der Waals surface area contributed by atoms with Gasteiger partial charge in [-0.05, 0) is 26.3 Å². The average molecular weight is 171 g/mol. The maximum atomic E-state index is 4.91. The Balaban J connectivity index is 3.10. The molecule has 0 aromatic carbocycles. The van der Waals surface area contributed by atoms with Crippen molar-refractivity contribution < 1.29 is 4.74 Å². The van der Waals surface area contributed by atoms with Gasteiger partial charge in [-0.1, -0.05) is 18.6 Å². The molecule has 12 heavy (non-hydrogen) atoms. The molecule has 0 rings (SSSR count). The topological polar surface area (TPSA) is 21.3 Å². The standard InChI is InChI=1S/C10H21NO/c1-4-10(2)6-5-7-11-8-9-12-3/h6,11H,4-5,7-9H2,1-3H3. The Hall–Kier alpha value is -0.340. The smallest absolute Gasteiger partial charge is 0.0587 e. The first-order chi connectivity index (χ1) is 5.81. The van der Waals surface area contributed by atoms with Gasteiger partial charge in [0.25, 0.3) is 0 Å². The summed E-state index contributed by atoms with van der Waals surface area (Å²) < 4.78 is 4.91. The van der Waals surface area contributed by atoms with Gasteiger partial charge in [0.2, 0.25) is 0 Å². The normalized spacial score (nSPS) is 12.1. The lowest BCUT2D eigenvalue weighted by molar-refractivity contribution is 0.199. The van der Waals surface area contributed by atoms with Gasteiger partial charge in [-0.3, -0.25) is 0 Å². The molecular weight excluding hydrogens is 150 g/mol. The van der Waals surface area contributed by atoms with E-state index in [1.54, 1.807) is 7.11 Å². The Morgan fingerprint density at radius 2 is 2.17 bits per heavy atom. The van der Waals surface area contributed by atoms with Gasteiger partial charge in [0.15, 0.2) is 0 Å². The summed E-state index contributed by atoms with van der Waals surface area (Å²) in [5, 5.41) is 3.30. The van der Waals surface area contributed by atoms with Crippen molar-refractivity contribution in [3.8, 4) is 0 Å². The van der Waals surface area contributed by atoms with E-state index in [0.29, 0.717) is 0 Å². The fourth-order valence-corrected chi connectivity index (χ4v) is 0.864. The van der Waals surface area contributed by atoms with E-state index >= 15 is 0 Å². The van der Waals surface area contributed by atoms with E-state index in [1.807, 2.05) is 0 Å². The fourth-order valence-electron chi connectivity index (χ4n) is 0.864. The van der Waals surface area contributed by atoms with Crippen molar-refractivity contribution in [2.75, 3.05) is 26.8 Å². The van der Waals surface area contributed by atoms with Crippen LogP contribution in [-0.4, -0.2) is 26.8 Å². The minimum atomic E-state index is 0.802. The van der Waals surface area contributed by atoms with E-state index in [9.17, 15) is 0 Å². The van der Waals surface area contributed by atoms with Crippen molar-refractivity contribution in [3.05, 3.63) is 11.6 Å². The van der Waals surface area contributed by atoms with E-state index in [4.69, 9.17) is 4.74 Å². The SMILES string of the molecule is CCC(C)=CCCNCCOC. The monoisotopic (exact) mass is 171 g/mol. The van der Waals surface area contributed by atoms with Crippen LogP contribution in [-0.2, 0) is 4.74 Å². The van der Waals surface area contributed by atoms with Crippen LogP contribution < -0.4 is 5.32 Å². The van der Waals surface area contributed by atoms with Crippen LogP contribution in [0.5, 0.6) is 0 Å². The summed E-state index contributed by atoms with van der Waals surface area (Å²) in [4.78, 5) is 0. The minimum Gasteiger partial charge on any atom is -0.383 e. The molecular formula is C10H21NO. The van der Waals surface area contributed by atoms with Gasteiger partial charge < -0.3 is 10.1 Å². The van der Waals surface area contributed by atoms with Crippen LogP contribution in [0.1, 0.15) is 26.7 Å². The predicted octanol–water partition coefficient (Wildman–Crippen LogP) is 1.97. The first-order valence-corrected chi connectivity index (χ1v) is 4.66. The molecule has 0 aliphatic carbocycles. The summed E-state index contributed by atoms with van der Waals surface area (Å²) in [6.45, 7) is 7.17. The highest BCUT2D eigenvalue weighted by molar-refractivity contribution is 4.96. The zero-order valence-electron chi connectivity index (χ0n) is 8.52. The van der Waals surface area contributed by atoms with Crippen molar-refractivity contribution >= 4 is 0 Å². The van der Waals surface area contributed by atoms with E-state index in [0.717, 1.165) is 32.5 Å². The number of rotatable bonds is 7. The minimum absolute atomic E-state index is 0.802. The van der Waals surface area contributed by atoms with Crippen LogP contribution in [0.3, 0.4) is 0 Å². The van der Waals surface area contributed by atoms with Crippen LogP contribution >= 0.6 is 0 Å². The van der Waals surface area contributed by atoms with E-state index < -0.39 is 0 Å². The Kier molecular flexibility index (Phi) is 8.51. The number of ether oxygens (including phenoxy) is 1. The van der Waals surface area contributed by atoms with E-state index in [1.165, 1.54) is 5.57 Å². The second-order valence-electron chi connectivity index (χ2n) is 2.94. The van der Waals surface area contributed by atoms with Crippen LogP contribution in [0.2, 0.25) is 0 Å². The highest BCUT2D eigenvalue weighted by atomic mass is 16.5. The number of methoxy groups -OCH3 is 1. The maximum absolute atomic E-state index is 4.91. The van der Waals surface area contributed by atoms with Crippen LogP contribution in [0.4, 0.5) is 0 Å². The first kappa shape index (κ1) is 11.7. The molecule has 1 N–H and O–H groups in total. The van der Waals surface area contributed by atoms with Crippen LogP contribution in [0.25, 0.3) is 0 Å². The molecule has 0 aliphatic heterocycles. The van der Waals surface area contributed by atoms with Gasteiger partial charge >= 0.3 is 0 Å². The molecule has 0 fully saturated rings. The van der Waals surface area contributed by atoms with Gasteiger partial charge in [0.05, 0.1) is 6.61 Å². The van der Waals surface area contributed by atoms with Gasteiger partial charge in [-0.15, -0.1) is 0 Å². The summed E-state index contributed by atoms with van der Waals surface area (Å²) >= 11 is 0. The highest BCUT2D eigenvalue weighted by Gasteiger charge is 1.86. The van der Waals surface area contributed by atoms with Gasteiger partial charge in [-0.25, -0.2) is 0 Å². The third-order valence-corrected chi connectivity index (χ3v) is 1.85. The number of hydrogen-bond donors (Lipinski definition) is 1. The Bertz CT molecular complexity index is 121. The number of allylic oxidation sites excluding steroid dienone is 1. The molecule has 0 saturated heterocycles. The molecule has 0 unspecified atom stereocenters. The second kappa shape index (κ2) is 8.75. The lowest BCUT2D eigenvalue weighted by Gasteiger charge is -2.01. The summed E-state index contributed by atoms with van der Waals surface area (Å²) in [5.74, 6) is 0. The van der Waals surface area contributed by atoms with Crippen molar-refractivity contribution in [2.24, 2.45) is 0 Å². The van der Waals surface area contributed by atoms with E-state index in [-0.39, 0.29) is 0 Å². The molecule has 2 heteroatoms. The largest absolute Gasteiger partial charge is 0.383 e. The van der Waals surface area contributed by atoms with Gasteiger partial charge in [0.1, 0.15) is 0 Å². The van der Waals surface area contributed by atoms with Crippen molar-refractivity contribution in [1.29, 1.82) is 0 Å². The molecule has 0 aromatic rings. The van der Waals surface area contributed by atoms with Crippen molar-refractivity contribution in [3.63, 3.8) is 0 Å². The van der Waals surface area contributed by atoms with Gasteiger partial charge in [-0.2, -0.15) is 0 Å². The molecule has 0 aromatic heterocycles. The molecule has 0 bridgehead atoms. The zero-order valence-corrected chi connectivity index (χ0v) is 8.52. The lowest BCUT2D eigenvalue weighted by Crippen LogP contribution is -2.19. The summed E-state index contributed by atoms with van der Waals surface area (Å²) in [5.41, 5.74) is 1.48. The maximum Gasteiger partial charge on any atom is 0.0587 e. The Morgan fingerprint density at radius 1 is 1.42 bits per heavy atom. The summed E-state index contributed by atoms with van der Waals surface area (Å²) in [6, 6.07) is 0. The third-order valence-electron chi connectivity index (χ3n) is 1.85. The number of hydrogen-bond acceptors (Lipinski definition) is 2. The van der Waals surface area contributed by atoms with Gasteiger partial charge in [0, 0.05) is 13.7 Å². The molecule has 0 heterocycles. The summed E-state index contributed by atoms with van der Waals surface area (Å²) in [7, 11) is 1.73. The molecule has 0 spiro atoms. The number of nitrogens with one attached hydrogen (secondary N) is 1. The average Bonchev–Trinajstić information content (AvgIpc) is 2.10. The highest BCUT2D eigenvalue weighted by Crippen LogP contribution is 1.98. The van der Waals surface area contributed by atoms with Crippen LogP contribution in [0, 0.1) is 0 Å². The Labute approximate surface area is 76.0 Å². The molecule has 0 amide bonds. The molecule has 0 radical (unpaired) electrons. The Morgan fingerprint density at radius 3 is 2.75 bits per heavy atom. The molecule has 0 aliphatic rings. The van der Waals surface area contributed by atoms with Crippen LogP contribution in [0.15, 0.2) is 11.6 Å². The molecule has 0 atom stereocenters. The molecule has 0 saturated carbocycles. The first-order valence-electron chi connectivity index (χ1n) is 4.66. The molecule has 72 valence electrons. The zero-order chi connectivity index (χ0) is 9.23. The predicted molar refractivity (Wildman–Crippen MR) is 53.4 cm³/mol. The lowest BCUT2D eigenvalue weighted by atomic mass is 10.2. The fraction of sp³-hybridized carbons (Fsp3) is 0.800. The van der Waals surface area contributed by atoms with Crippen molar-refractivity contribution in [1.82, 2.24) is 5.32 Å². The van der Waals surface area contributed by atoms with Crippen molar-refractivity contribution in [2.45, 2.75) is 26.7 Å². The second-order valence-corrected chi connectivity index (χ2v) is 2.94. The third kappa shape index (κ3) is 7.76. The quantitative estimate of drug-likeness (QED) is 0.467. The summed E-state index contributed by atoms with van der Waals surface area (Å²) in [6.07, 6.45) is 4.58. The molecule has 2 nitrogen and oxygen atoms in total. The van der Waals surface area contributed by atoms with E-state index in [2.05, 4.69) is 25.2 Å².